The first-order chi connectivity index (χ1) is 14.7. The summed E-state index contributed by atoms with van der Waals surface area (Å²) >= 11 is 0. The van der Waals surface area contributed by atoms with Crippen LogP contribution in [-0.2, 0) is 28.0 Å². The van der Waals surface area contributed by atoms with E-state index in [9.17, 15) is 0 Å². The average Bonchev–Trinajstić information content (AvgIpc) is 3.44. The topological polar surface area (TPSA) is 54.1 Å². The first kappa shape index (κ1) is 18.3. The molecule has 7 rings (SSSR count). The van der Waals surface area contributed by atoms with Crippen molar-refractivity contribution in [1.82, 2.24) is 19.3 Å². The quantitative estimate of drug-likeness (QED) is 0.642. The highest BCUT2D eigenvalue weighted by Gasteiger charge is 2.52. The van der Waals surface area contributed by atoms with Crippen LogP contribution in [0.5, 0.6) is 0 Å². The van der Waals surface area contributed by atoms with Crippen LogP contribution in [0.25, 0.3) is 11.4 Å². The Balaban J connectivity index is 1.17. The Morgan fingerprint density at radius 1 is 1.13 bits per heavy atom. The summed E-state index contributed by atoms with van der Waals surface area (Å²) in [6.07, 6.45) is 8.21. The van der Waals surface area contributed by atoms with E-state index in [-0.39, 0.29) is 11.0 Å². The summed E-state index contributed by atoms with van der Waals surface area (Å²) in [7, 11) is 0. The van der Waals surface area contributed by atoms with Crippen molar-refractivity contribution in [2.75, 3.05) is 13.2 Å². The van der Waals surface area contributed by atoms with Gasteiger partial charge >= 0.3 is 0 Å². The molecule has 3 fully saturated rings. The molecular formula is C24H28N4O2. The summed E-state index contributed by atoms with van der Waals surface area (Å²) in [5.41, 5.74) is 4.68. The summed E-state index contributed by atoms with van der Waals surface area (Å²) < 4.78 is 17.0. The van der Waals surface area contributed by atoms with Gasteiger partial charge in [0.25, 0.3) is 0 Å². The van der Waals surface area contributed by atoms with Gasteiger partial charge in [0.2, 0.25) is 0 Å². The Kier molecular flexibility index (Phi) is 4.15. The monoisotopic (exact) mass is 404 g/mol. The average molecular weight is 405 g/mol. The fourth-order valence-electron chi connectivity index (χ4n) is 5.42. The zero-order valence-corrected chi connectivity index (χ0v) is 17.5. The minimum atomic E-state index is -0.122. The molecule has 6 nitrogen and oxygen atoms in total. The maximum absolute atomic E-state index is 6.48. The lowest BCUT2D eigenvalue weighted by Gasteiger charge is -2.52. The zero-order chi connectivity index (χ0) is 20.2. The largest absolute Gasteiger partial charge is 0.374 e. The van der Waals surface area contributed by atoms with E-state index in [1.807, 2.05) is 18.6 Å². The molecule has 2 aromatic heterocycles. The van der Waals surface area contributed by atoms with E-state index in [1.54, 1.807) is 0 Å². The Morgan fingerprint density at radius 3 is 2.73 bits per heavy atom. The third kappa shape index (κ3) is 2.85. The Morgan fingerprint density at radius 2 is 1.97 bits per heavy atom. The number of ether oxygens (including phenoxy) is 2. The number of benzene rings is 1. The van der Waals surface area contributed by atoms with Crippen molar-refractivity contribution in [3.05, 3.63) is 60.2 Å². The second-order valence-corrected chi connectivity index (χ2v) is 9.36. The fraction of sp³-hybridized carbons (Fsp3) is 0.500. The van der Waals surface area contributed by atoms with Gasteiger partial charge < -0.3 is 14.0 Å². The number of imidazole rings is 1. The van der Waals surface area contributed by atoms with Crippen LogP contribution in [-0.4, -0.2) is 38.1 Å². The third-order valence-corrected chi connectivity index (χ3v) is 7.41. The lowest BCUT2D eigenvalue weighted by molar-refractivity contribution is -0.186. The van der Waals surface area contributed by atoms with Gasteiger partial charge in [-0.1, -0.05) is 30.3 Å². The molecule has 30 heavy (non-hydrogen) atoms. The lowest BCUT2D eigenvalue weighted by atomic mass is 9.64. The van der Waals surface area contributed by atoms with E-state index in [0.717, 1.165) is 38.8 Å². The standard InChI is InChI=1S/C24H28N4O2/c1-18-13-28-20(21-12-25-17-27(18)21)11-22(26-28)23-7-9-24(10-8-23,30-15-23)16-29-14-19-5-3-2-4-6-19/h2-6,11-12,17-18H,7-10,13-16H2,1H3/t18-,23?,24?/m0/s1. The molecule has 0 amide bonds. The molecule has 2 saturated heterocycles. The van der Waals surface area contributed by atoms with E-state index >= 15 is 0 Å². The van der Waals surface area contributed by atoms with Crippen molar-refractivity contribution < 1.29 is 9.47 Å². The predicted octanol–water partition coefficient (Wildman–Crippen LogP) is 4.12. The summed E-state index contributed by atoms with van der Waals surface area (Å²) in [4.78, 5) is 4.36. The van der Waals surface area contributed by atoms with E-state index < -0.39 is 0 Å². The van der Waals surface area contributed by atoms with E-state index in [0.29, 0.717) is 19.3 Å². The first-order valence-electron chi connectivity index (χ1n) is 11.0. The molecule has 3 aliphatic heterocycles. The number of hydrogen-bond donors (Lipinski definition) is 0. The van der Waals surface area contributed by atoms with Crippen LogP contribution in [0, 0.1) is 0 Å². The number of aromatic nitrogens is 4. The third-order valence-electron chi connectivity index (χ3n) is 7.41. The van der Waals surface area contributed by atoms with Crippen LogP contribution >= 0.6 is 0 Å². The van der Waals surface area contributed by atoms with Crippen LogP contribution in [0.2, 0.25) is 0 Å². The van der Waals surface area contributed by atoms with Crippen molar-refractivity contribution >= 4 is 0 Å². The number of hydrogen-bond acceptors (Lipinski definition) is 4. The molecule has 3 aromatic rings. The lowest BCUT2D eigenvalue weighted by Crippen LogP contribution is -2.55. The molecule has 0 N–H and O–H groups in total. The smallest absolute Gasteiger partial charge is 0.0954 e. The first-order valence-corrected chi connectivity index (χ1v) is 11.0. The van der Waals surface area contributed by atoms with E-state index in [2.05, 4.69) is 51.5 Å². The molecule has 2 bridgehead atoms. The molecule has 1 saturated carbocycles. The van der Waals surface area contributed by atoms with Crippen molar-refractivity contribution in [3.8, 4) is 11.4 Å². The Hall–Kier alpha value is -2.44. The SMILES string of the molecule is C[C@H]1Cn2nc(C34CCC(COCc5ccccc5)(CC3)OC4)cc2-c2cncn21. The number of fused-ring (bicyclic) bond motifs is 6. The highest BCUT2D eigenvalue weighted by Crippen LogP contribution is 2.50. The molecule has 6 heteroatoms. The number of rotatable bonds is 5. The Bertz CT molecular complexity index is 1030. The van der Waals surface area contributed by atoms with Gasteiger partial charge in [-0.3, -0.25) is 4.68 Å². The molecule has 1 atom stereocenters. The van der Waals surface area contributed by atoms with Gasteiger partial charge in [-0.15, -0.1) is 0 Å². The summed E-state index contributed by atoms with van der Waals surface area (Å²) in [6, 6.07) is 13.0. The van der Waals surface area contributed by atoms with Crippen LogP contribution < -0.4 is 0 Å². The van der Waals surface area contributed by atoms with Gasteiger partial charge in [-0.05, 0) is 44.2 Å². The molecule has 156 valence electrons. The molecule has 5 heterocycles. The minimum absolute atomic E-state index is 0.0413. The van der Waals surface area contributed by atoms with Crippen molar-refractivity contribution in [2.24, 2.45) is 0 Å². The molecule has 1 aromatic carbocycles. The van der Waals surface area contributed by atoms with Crippen LogP contribution in [0.4, 0.5) is 0 Å². The van der Waals surface area contributed by atoms with Crippen LogP contribution in [0.3, 0.4) is 0 Å². The van der Waals surface area contributed by atoms with Gasteiger partial charge in [0.15, 0.2) is 0 Å². The van der Waals surface area contributed by atoms with Gasteiger partial charge in [-0.2, -0.15) is 5.10 Å². The van der Waals surface area contributed by atoms with Crippen LogP contribution in [0.1, 0.15) is 49.9 Å². The Labute approximate surface area is 176 Å². The molecule has 0 radical (unpaired) electrons. The second-order valence-electron chi connectivity index (χ2n) is 9.36. The summed E-state index contributed by atoms with van der Waals surface area (Å²) in [5.74, 6) is 0. The van der Waals surface area contributed by atoms with E-state index in [1.165, 1.54) is 22.6 Å². The van der Waals surface area contributed by atoms with Crippen molar-refractivity contribution in [1.29, 1.82) is 0 Å². The van der Waals surface area contributed by atoms with Gasteiger partial charge in [0.05, 0.1) is 67.6 Å². The van der Waals surface area contributed by atoms with Gasteiger partial charge in [0.1, 0.15) is 0 Å². The second kappa shape index (κ2) is 6.79. The molecule has 0 unspecified atom stereocenters. The summed E-state index contributed by atoms with van der Waals surface area (Å²) in [5, 5.41) is 5.06. The van der Waals surface area contributed by atoms with E-state index in [4.69, 9.17) is 14.6 Å². The zero-order valence-electron chi connectivity index (χ0n) is 17.5. The molecular weight excluding hydrogens is 376 g/mol. The maximum atomic E-state index is 6.48. The van der Waals surface area contributed by atoms with Crippen molar-refractivity contribution in [2.45, 2.75) is 62.8 Å². The predicted molar refractivity (Wildman–Crippen MR) is 113 cm³/mol. The normalized spacial score (nSPS) is 29.6. The summed E-state index contributed by atoms with van der Waals surface area (Å²) in [6.45, 7) is 5.19. The van der Waals surface area contributed by atoms with Gasteiger partial charge in [-0.25, -0.2) is 4.98 Å². The minimum Gasteiger partial charge on any atom is -0.374 e. The highest BCUT2D eigenvalue weighted by atomic mass is 16.5. The number of nitrogens with zero attached hydrogens (tertiary/aromatic N) is 4. The molecule has 1 aliphatic carbocycles. The maximum Gasteiger partial charge on any atom is 0.0954 e. The fourth-order valence-corrected chi connectivity index (χ4v) is 5.42. The van der Waals surface area contributed by atoms with Crippen molar-refractivity contribution in [3.63, 3.8) is 0 Å². The van der Waals surface area contributed by atoms with Gasteiger partial charge in [0, 0.05) is 5.41 Å². The van der Waals surface area contributed by atoms with Crippen LogP contribution in [0.15, 0.2) is 48.9 Å². The molecule has 0 spiro atoms. The molecule has 4 aliphatic rings. The highest BCUT2D eigenvalue weighted by molar-refractivity contribution is 5.57.